The molecule has 21 heavy (non-hydrogen) atoms. The van der Waals surface area contributed by atoms with Crippen molar-refractivity contribution >= 4 is 0 Å². The Morgan fingerprint density at radius 3 is 2.43 bits per heavy atom. The molecule has 1 N–H and O–H groups in total. The number of hydrogen-bond donors (Lipinski definition) is 1. The topological polar surface area (TPSA) is 43.0 Å². The summed E-state index contributed by atoms with van der Waals surface area (Å²) in [6.07, 6.45) is 1.21. The van der Waals surface area contributed by atoms with Crippen LogP contribution in [0, 0.1) is 5.92 Å². The second-order valence-corrected chi connectivity index (χ2v) is 6.15. The third-order valence-electron chi connectivity index (χ3n) is 4.15. The van der Waals surface area contributed by atoms with Gasteiger partial charge in [-0.05, 0) is 25.8 Å². The van der Waals surface area contributed by atoms with Crippen LogP contribution < -0.4 is 5.32 Å². The van der Waals surface area contributed by atoms with E-state index in [1.165, 1.54) is 6.42 Å². The molecule has 0 radical (unpaired) electrons. The summed E-state index contributed by atoms with van der Waals surface area (Å²) in [5, 5.41) is 3.66. The third kappa shape index (κ3) is 8.12. The maximum Gasteiger partial charge on any atom is 0.0701 e. The van der Waals surface area contributed by atoms with Gasteiger partial charge < -0.3 is 19.5 Å². The monoisotopic (exact) mass is 302 g/mol. The van der Waals surface area contributed by atoms with Gasteiger partial charge in [0.1, 0.15) is 0 Å². The molecule has 0 aromatic rings. The van der Waals surface area contributed by atoms with Crippen LogP contribution in [-0.4, -0.2) is 76.8 Å². The minimum atomic E-state index is 0.590. The molecule has 5 heteroatoms. The van der Waals surface area contributed by atoms with E-state index in [0.29, 0.717) is 44.4 Å². The molecule has 1 aliphatic heterocycles. The zero-order valence-corrected chi connectivity index (χ0v) is 14.3. The van der Waals surface area contributed by atoms with Crippen LogP contribution in [0.4, 0.5) is 0 Å². The van der Waals surface area contributed by atoms with Crippen molar-refractivity contribution in [2.75, 3.05) is 59.8 Å². The van der Waals surface area contributed by atoms with Gasteiger partial charge in [-0.3, -0.25) is 4.90 Å². The van der Waals surface area contributed by atoms with E-state index in [-0.39, 0.29) is 0 Å². The van der Waals surface area contributed by atoms with Crippen molar-refractivity contribution in [1.82, 2.24) is 10.2 Å². The maximum absolute atomic E-state index is 5.67. The van der Waals surface area contributed by atoms with Crippen molar-refractivity contribution in [2.24, 2.45) is 5.92 Å². The summed E-state index contributed by atoms with van der Waals surface area (Å²) in [4.78, 5) is 2.55. The molecule has 1 fully saturated rings. The number of rotatable bonds is 10. The smallest absolute Gasteiger partial charge is 0.0701 e. The first-order chi connectivity index (χ1) is 10.1. The van der Waals surface area contributed by atoms with Gasteiger partial charge in [0.05, 0.1) is 33.0 Å². The van der Waals surface area contributed by atoms with Crippen molar-refractivity contribution < 1.29 is 14.2 Å². The normalized spacial score (nSPS) is 24.4. The van der Waals surface area contributed by atoms with Crippen LogP contribution in [0.25, 0.3) is 0 Å². The Kier molecular flexibility index (Phi) is 10.2. The van der Waals surface area contributed by atoms with E-state index < -0.39 is 0 Å². The quantitative estimate of drug-likeness (QED) is 0.618. The van der Waals surface area contributed by atoms with Crippen LogP contribution in [0.3, 0.4) is 0 Å². The highest BCUT2D eigenvalue weighted by Gasteiger charge is 2.24. The van der Waals surface area contributed by atoms with Crippen LogP contribution in [-0.2, 0) is 14.2 Å². The lowest BCUT2D eigenvalue weighted by atomic mass is 10.0. The molecule has 2 atom stereocenters. The van der Waals surface area contributed by atoms with E-state index >= 15 is 0 Å². The lowest BCUT2D eigenvalue weighted by Crippen LogP contribution is -2.44. The minimum absolute atomic E-state index is 0.590. The summed E-state index contributed by atoms with van der Waals surface area (Å²) in [5.41, 5.74) is 0. The number of hydrogen-bond acceptors (Lipinski definition) is 5. The first-order valence-corrected chi connectivity index (χ1v) is 8.27. The van der Waals surface area contributed by atoms with Gasteiger partial charge in [-0.2, -0.15) is 0 Å². The van der Waals surface area contributed by atoms with Crippen LogP contribution in [0.5, 0.6) is 0 Å². The summed E-state index contributed by atoms with van der Waals surface area (Å²) in [6.45, 7) is 13.5. The zero-order valence-electron chi connectivity index (χ0n) is 14.3. The van der Waals surface area contributed by atoms with Crippen molar-refractivity contribution in [1.29, 1.82) is 0 Å². The number of nitrogens with one attached hydrogen (secondary N) is 1. The Hall–Kier alpha value is -0.200. The molecule has 1 rings (SSSR count). The van der Waals surface area contributed by atoms with E-state index in [0.717, 1.165) is 26.2 Å². The van der Waals surface area contributed by atoms with Gasteiger partial charge in [-0.25, -0.2) is 0 Å². The highest BCUT2D eigenvalue weighted by Crippen LogP contribution is 2.13. The average Bonchev–Trinajstić information content (AvgIpc) is 2.64. The zero-order chi connectivity index (χ0) is 15.5. The Morgan fingerprint density at radius 1 is 1.10 bits per heavy atom. The predicted molar refractivity (Wildman–Crippen MR) is 85.8 cm³/mol. The minimum Gasteiger partial charge on any atom is -0.382 e. The molecule has 1 saturated heterocycles. The molecule has 0 amide bonds. The standard InChI is InChI=1S/C16H34N2O3/c1-14(2)16-13-18(15(3)5-6-17-16)7-8-20-11-12-21-10-9-19-4/h14-17H,5-13H2,1-4H3. The lowest BCUT2D eigenvalue weighted by Gasteiger charge is -2.30. The molecule has 1 aliphatic rings. The summed E-state index contributed by atoms with van der Waals surface area (Å²) < 4.78 is 16.0. The molecule has 0 aliphatic carbocycles. The Bertz CT molecular complexity index is 252. The van der Waals surface area contributed by atoms with Gasteiger partial charge in [0.25, 0.3) is 0 Å². The van der Waals surface area contributed by atoms with Crippen LogP contribution in [0.1, 0.15) is 27.2 Å². The fourth-order valence-corrected chi connectivity index (χ4v) is 2.56. The number of nitrogens with zero attached hydrogens (tertiary/aromatic N) is 1. The van der Waals surface area contributed by atoms with Crippen molar-refractivity contribution in [3.63, 3.8) is 0 Å². The summed E-state index contributed by atoms with van der Waals surface area (Å²) in [6, 6.07) is 1.22. The first-order valence-electron chi connectivity index (χ1n) is 8.27. The van der Waals surface area contributed by atoms with Crippen LogP contribution in [0.15, 0.2) is 0 Å². The van der Waals surface area contributed by atoms with E-state index in [1.54, 1.807) is 7.11 Å². The van der Waals surface area contributed by atoms with E-state index in [1.807, 2.05) is 0 Å². The highest BCUT2D eigenvalue weighted by molar-refractivity contribution is 4.82. The van der Waals surface area contributed by atoms with Gasteiger partial charge in [-0.1, -0.05) is 13.8 Å². The molecule has 0 bridgehead atoms. The second-order valence-electron chi connectivity index (χ2n) is 6.15. The van der Waals surface area contributed by atoms with Gasteiger partial charge >= 0.3 is 0 Å². The molecule has 0 aromatic carbocycles. The molecule has 2 unspecified atom stereocenters. The fourth-order valence-electron chi connectivity index (χ4n) is 2.56. The summed E-state index contributed by atoms with van der Waals surface area (Å²) in [5.74, 6) is 0.674. The molecule has 0 aromatic heterocycles. The van der Waals surface area contributed by atoms with Gasteiger partial charge in [0, 0.05) is 32.3 Å². The SMILES string of the molecule is COCCOCCOCCN1CC(C(C)C)NCCC1C. The molecule has 126 valence electrons. The lowest BCUT2D eigenvalue weighted by molar-refractivity contribution is 0.0166. The van der Waals surface area contributed by atoms with E-state index in [2.05, 4.69) is 31.0 Å². The second kappa shape index (κ2) is 11.4. The first kappa shape index (κ1) is 18.8. The Balaban J connectivity index is 2.13. The number of methoxy groups -OCH3 is 1. The Morgan fingerprint density at radius 2 is 1.76 bits per heavy atom. The van der Waals surface area contributed by atoms with Crippen LogP contribution in [0.2, 0.25) is 0 Å². The van der Waals surface area contributed by atoms with Crippen LogP contribution >= 0.6 is 0 Å². The molecular formula is C16H34N2O3. The van der Waals surface area contributed by atoms with Gasteiger partial charge in [0.15, 0.2) is 0 Å². The molecule has 0 spiro atoms. The molecule has 1 heterocycles. The fraction of sp³-hybridized carbons (Fsp3) is 1.00. The van der Waals surface area contributed by atoms with Gasteiger partial charge in [0.2, 0.25) is 0 Å². The average molecular weight is 302 g/mol. The molecule has 5 nitrogen and oxygen atoms in total. The number of ether oxygens (including phenoxy) is 3. The highest BCUT2D eigenvalue weighted by atomic mass is 16.5. The maximum atomic E-state index is 5.67. The predicted octanol–water partition coefficient (Wildman–Crippen LogP) is 1.37. The van der Waals surface area contributed by atoms with E-state index in [4.69, 9.17) is 14.2 Å². The third-order valence-corrected chi connectivity index (χ3v) is 4.15. The molecular weight excluding hydrogens is 268 g/mol. The molecule has 0 saturated carbocycles. The summed E-state index contributed by atoms with van der Waals surface area (Å²) >= 11 is 0. The largest absolute Gasteiger partial charge is 0.382 e. The van der Waals surface area contributed by atoms with E-state index in [9.17, 15) is 0 Å². The van der Waals surface area contributed by atoms with Gasteiger partial charge in [-0.15, -0.1) is 0 Å². The van der Waals surface area contributed by atoms with Crippen molar-refractivity contribution in [3.8, 4) is 0 Å². The van der Waals surface area contributed by atoms with Crippen molar-refractivity contribution in [3.05, 3.63) is 0 Å². The Labute approximate surface area is 130 Å². The summed E-state index contributed by atoms with van der Waals surface area (Å²) in [7, 11) is 1.68. The van der Waals surface area contributed by atoms with Crippen molar-refractivity contribution in [2.45, 2.75) is 39.3 Å².